The molecular formula is C26H26BrClN2O5. The summed E-state index contributed by atoms with van der Waals surface area (Å²) in [5, 5.41) is 4.43. The summed E-state index contributed by atoms with van der Waals surface area (Å²) in [5.74, 6) is 1.57. The third-order valence-corrected chi connectivity index (χ3v) is 5.54. The normalized spacial score (nSPS) is 10.8. The van der Waals surface area contributed by atoms with Gasteiger partial charge in [0, 0.05) is 10.0 Å². The molecule has 7 nitrogen and oxygen atoms in total. The number of carbonyl (C=O) groups is 1. The average molecular weight is 562 g/mol. The highest BCUT2D eigenvalue weighted by Gasteiger charge is 2.14. The van der Waals surface area contributed by atoms with E-state index in [-0.39, 0.29) is 0 Å². The van der Waals surface area contributed by atoms with E-state index in [1.54, 1.807) is 37.4 Å². The van der Waals surface area contributed by atoms with Gasteiger partial charge in [-0.15, -0.1) is 0 Å². The minimum Gasteiger partial charge on any atom is -0.493 e. The lowest BCUT2D eigenvalue weighted by Gasteiger charge is -2.14. The van der Waals surface area contributed by atoms with Crippen molar-refractivity contribution in [1.82, 2.24) is 5.43 Å². The molecule has 0 bridgehead atoms. The number of carbonyl (C=O) groups excluding carboxylic acids is 1. The summed E-state index contributed by atoms with van der Waals surface area (Å²) < 4.78 is 23.4. The predicted molar refractivity (Wildman–Crippen MR) is 140 cm³/mol. The van der Waals surface area contributed by atoms with Gasteiger partial charge >= 0.3 is 0 Å². The fourth-order valence-corrected chi connectivity index (χ4v) is 3.66. The maximum Gasteiger partial charge on any atom is 0.271 e. The van der Waals surface area contributed by atoms with Crippen LogP contribution >= 0.6 is 27.5 Å². The molecular weight excluding hydrogens is 536 g/mol. The van der Waals surface area contributed by atoms with Gasteiger partial charge in [0.15, 0.2) is 23.0 Å². The van der Waals surface area contributed by atoms with Crippen LogP contribution < -0.4 is 24.4 Å². The molecule has 3 aromatic carbocycles. The van der Waals surface area contributed by atoms with Crippen LogP contribution in [0.3, 0.4) is 0 Å². The lowest BCUT2D eigenvalue weighted by Crippen LogP contribution is -2.17. The van der Waals surface area contributed by atoms with E-state index in [1.807, 2.05) is 38.1 Å². The standard InChI is InChI=1S/C26H26BrClN2O5/c1-4-33-23-14-19(8-11-22(23)32-3)26(31)30-29-15-18-12-21(28)25(24(13-18)34-5-2)35-16-17-6-9-20(27)10-7-17/h6-15H,4-5,16H2,1-3H3,(H,30,31)/b29-15+. The summed E-state index contributed by atoms with van der Waals surface area (Å²) in [6.07, 6.45) is 1.48. The third-order valence-electron chi connectivity index (χ3n) is 4.73. The molecule has 3 rings (SSSR count). The lowest BCUT2D eigenvalue weighted by atomic mass is 10.2. The number of rotatable bonds is 11. The van der Waals surface area contributed by atoms with Crippen molar-refractivity contribution in [2.45, 2.75) is 20.5 Å². The molecule has 0 heterocycles. The Morgan fingerprint density at radius 2 is 1.69 bits per heavy atom. The number of hydrogen-bond donors (Lipinski definition) is 1. The molecule has 0 atom stereocenters. The van der Waals surface area contributed by atoms with Gasteiger partial charge in [-0.2, -0.15) is 5.10 Å². The number of ether oxygens (including phenoxy) is 4. The first-order valence-electron chi connectivity index (χ1n) is 10.9. The van der Waals surface area contributed by atoms with Crippen molar-refractivity contribution in [1.29, 1.82) is 0 Å². The average Bonchev–Trinajstić information content (AvgIpc) is 2.85. The van der Waals surface area contributed by atoms with E-state index in [1.165, 1.54) is 6.21 Å². The lowest BCUT2D eigenvalue weighted by molar-refractivity contribution is 0.0954. The van der Waals surface area contributed by atoms with E-state index < -0.39 is 5.91 Å². The molecule has 0 aliphatic rings. The zero-order valence-electron chi connectivity index (χ0n) is 19.6. The molecule has 0 spiro atoms. The molecule has 35 heavy (non-hydrogen) atoms. The second-order valence-electron chi connectivity index (χ2n) is 7.18. The number of hydrogen-bond acceptors (Lipinski definition) is 6. The Morgan fingerprint density at radius 1 is 0.971 bits per heavy atom. The summed E-state index contributed by atoms with van der Waals surface area (Å²) in [4.78, 5) is 12.5. The Labute approximate surface area is 218 Å². The summed E-state index contributed by atoms with van der Waals surface area (Å²) in [7, 11) is 1.54. The van der Waals surface area contributed by atoms with Crippen molar-refractivity contribution in [2.24, 2.45) is 5.10 Å². The number of hydrazone groups is 1. The largest absolute Gasteiger partial charge is 0.493 e. The fourth-order valence-electron chi connectivity index (χ4n) is 3.12. The van der Waals surface area contributed by atoms with E-state index in [2.05, 4.69) is 26.5 Å². The monoisotopic (exact) mass is 560 g/mol. The number of methoxy groups -OCH3 is 1. The number of nitrogens with one attached hydrogen (secondary N) is 1. The van der Waals surface area contributed by atoms with Crippen molar-refractivity contribution in [3.63, 3.8) is 0 Å². The number of nitrogens with zero attached hydrogens (tertiary/aromatic N) is 1. The molecule has 0 radical (unpaired) electrons. The predicted octanol–water partition coefficient (Wildman–Crippen LogP) is 6.25. The summed E-state index contributed by atoms with van der Waals surface area (Å²) in [5.41, 5.74) is 4.52. The van der Waals surface area contributed by atoms with Crippen molar-refractivity contribution in [2.75, 3.05) is 20.3 Å². The van der Waals surface area contributed by atoms with E-state index >= 15 is 0 Å². The van der Waals surface area contributed by atoms with Crippen LogP contribution in [0.15, 0.2) is 64.2 Å². The fraction of sp³-hybridized carbons (Fsp3) is 0.231. The SMILES string of the molecule is CCOc1cc(C(=O)N/N=C/c2cc(Cl)c(OCc3ccc(Br)cc3)c(OCC)c2)ccc1OC. The van der Waals surface area contributed by atoms with E-state index in [0.29, 0.717) is 59.0 Å². The highest BCUT2D eigenvalue weighted by Crippen LogP contribution is 2.37. The highest BCUT2D eigenvalue weighted by atomic mass is 79.9. The van der Waals surface area contributed by atoms with Gasteiger partial charge in [0.1, 0.15) is 6.61 Å². The smallest absolute Gasteiger partial charge is 0.271 e. The Morgan fingerprint density at radius 3 is 2.37 bits per heavy atom. The van der Waals surface area contributed by atoms with E-state index in [4.69, 9.17) is 30.5 Å². The minimum absolute atomic E-state index is 0.335. The summed E-state index contributed by atoms with van der Waals surface area (Å²) in [6, 6.07) is 16.2. The van der Waals surface area contributed by atoms with Crippen LogP contribution in [0.25, 0.3) is 0 Å². The molecule has 0 unspecified atom stereocenters. The first kappa shape index (κ1) is 26.4. The quantitative estimate of drug-likeness (QED) is 0.221. The van der Waals surface area contributed by atoms with Gasteiger partial charge in [-0.3, -0.25) is 4.79 Å². The van der Waals surface area contributed by atoms with Gasteiger partial charge in [-0.05, 0) is 67.4 Å². The Kier molecular flexibility index (Phi) is 9.81. The van der Waals surface area contributed by atoms with E-state index in [0.717, 1.165) is 10.0 Å². The minimum atomic E-state index is -0.393. The number of benzene rings is 3. The van der Waals surface area contributed by atoms with Crippen LogP contribution in [0, 0.1) is 0 Å². The maximum atomic E-state index is 12.5. The number of amides is 1. The first-order chi connectivity index (χ1) is 16.9. The molecule has 0 aliphatic carbocycles. The second-order valence-corrected chi connectivity index (χ2v) is 8.50. The molecule has 0 aliphatic heterocycles. The molecule has 0 saturated carbocycles. The third kappa shape index (κ3) is 7.37. The van der Waals surface area contributed by atoms with Gasteiger partial charge < -0.3 is 18.9 Å². The van der Waals surface area contributed by atoms with Crippen molar-refractivity contribution in [3.05, 3.63) is 80.8 Å². The first-order valence-corrected chi connectivity index (χ1v) is 12.1. The summed E-state index contributed by atoms with van der Waals surface area (Å²) >= 11 is 9.91. The van der Waals surface area contributed by atoms with E-state index in [9.17, 15) is 4.79 Å². The van der Waals surface area contributed by atoms with Gasteiger partial charge in [0.2, 0.25) is 0 Å². The van der Waals surface area contributed by atoms with Crippen LogP contribution in [0.2, 0.25) is 5.02 Å². The molecule has 1 N–H and O–H groups in total. The molecule has 184 valence electrons. The van der Waals surface area contributed by atoms with Crippen molar-refractivity contribution in [3.8, 4) is 23.0 Å². The van der Waals surface area contributed by atoms with Crippen molar-refractivity contribution < 1.29 is 23.7 Å². The molecule has 0 fully saturated rings. The van der Waals surface area contributed by atoms with Gasteiger partial charge in [-0.1, -0.05) is 39.7 Å². The second kappa shape index (κ2) is 13.0. The van der Waals surface area contributed by atoms with Crippen LogP contribution in [0.4, 0.5) is 0 Å². The van der Waals surface area contributed by atoms with Gasteiger partial charge in [0.25, 0.3) is 5.91 Å². The molecule has 1 amide bonds. The Bertz CT molecular complexity index is 1190. The Balaban J connectivity index is 1.71. The molecule has 0 saturated heterocycles. The molecule has 0 aromatic heterocycles. The van der Waals surface area contributed by atoms with Crippen LogP contribution in [-0.2, 0) is 6.61 Å². The molecule has 3 aromatic rings. The maximum absolute atomic E-state index is 12.5. The number of halogens is 2. The van der Waals surface area contributed by atoms with Gasteiger partial charge in [0.05, 0.1) is 31.6 Å². The van der Waals surface area contributed by atoms with Gasteiger partial charge in [-0.25, -0.2) is 5.43 Å². The Hall–Kier alpha value is -3.23. The zero-order valence-corrected chi connectivity index (χ0v) is 22.0. The van der Waals surface area contributed by atoms with Crippen LogP contribution in [0.1, 0.15) is 35.3 Å². The van der Waals surface area contributed by atoms with Crippen LogP contribution in [0.5, 0.6) is 23.0 Å². The van der Waals surface area contributed by atoms with Crippen molar-refractivity contribution >= 4 is 39.7 Å². The van der Waals surface area contributed by atoms with Crippen LogP contribution in [-0.4, -0.2) is 32.4 Å². The zero-order chi connectivity index (χ0) is 25.2. The summed E-state index contributed by atoms with van der Waals surface area (Å²) in [6.45, 7) is 4.95. The topological polar surface area (TPSA) is 78.4 Å². The molecule has 9 heteroatoms. The highest BCUT2D eigenvalue weighted by molar-refractivity contribution is 9.10.